The topological polar surface area (TPSA) is 30.0 Å². The number of pyridine rings is 1. The predicted octanol–water partition coefficient (Wildman–Crippen LogP) is 4.57. The van der Waals surface area contributed by atoms with Crippen LogP contribution in [0.3, 0.4) is 0 Å². The number of fused-ring (bicyclic) bond motifs is 1. The molecule has 0 bridgehead atoms. The Morgan fingerprint density at radius 2 is 1.95 bits per heavy atom. The van der Waals surface area contributed by atoms with Gasteiger partial charge in [-0.2, -0.15) is 0 Å². The van der Waals surface area contributed by atoms with Gasteiger partial charge in [-0.3, -0.25) is 9.78 Å². The van der Waals surface area contributed by atoms with E-state index in [9.17, 15) is 9.18 Å². The van der Waals surface area contributed by atoms with Gasteiger partial charge in [0.05, 0.1) is 16.1 Å². The normalized spacial score (nSPS) is 10.8. The van der Waals surface area contributed by atoms with Crippen molar-refractivity contribution in [3.05, 3.63) is 76.2 Å². The van der Waals surface area contributed by atoms with Crippen molar-refractivity contribution < 1.29 is 9.18 Å². The van der Waals surface area contributed by atoms with Crippen LogP contribution < -0.4 is 0 Å². The van der Waals surface area contributed by atoms with Crippen LogP contribution in [0.5, 0.6) is 0 Å². The third-order valence-electron chi connectivity index (χ3n) is 3.29. The molecule has 0 saturated heterocycles. The molecule has 0 aliphatic carbocycles. The second-order valence-electron chi connectivity index (χ2n) is 4.79. The predicted molar refractivity (Wildman–Crippen MR) is 81.3 cm³/mol. The molecule has 3 aromatic rings. The van der Waals surface area contributed by atoms with Gasteiger partial charge >= 0.3 is 0 Å². The Bertz CT molecular complexity index is 861. The molecule has 0 saturated carbocycles. The monoisotopic (exact) mass is 299 g/mol. The van der Waals surface area contributed by atoms with Gasteiger partial charge in [0.15, 0.2) is 11.6 Å². The van der Waals surface area contributed by atoms with Crippen molar-refractivity contribution in [1.29, 1.82) is 0 Å². The van der Waals surface area contributed by atoms with E-state index in [4.69, 9.17) is 11.6 Å². The minimum absolute atomic E-state index is 0.0260. The van der Waals surface area contributed by atoms with Gasteiger partial charge in [-0.1, -0.05) is 23.7 Å². The first-order valence-electron chi connectivity index (χ1n) is 6.42. The van der Waals surface area contributed by atoms with Gasteiger partial charge in [0.25, 0.3) is 0 Å². The molecule has 104 valence electrons. The first-order chi connectivity index (χ1) is 10.1. The van der Waals surface area contributed by atoms with Crippen molar-refractivity contribution in [3.63, 3.8) is 0 Å². The maximum atomic E-state index is 13.9. The molecule has 0 N–H and O–H groups in total. The van der Waals surface area contributed by atoms with Gasteiger partial charge in [-0.15, -0.1) is 0 Å². The average Bonchev–Trinajstić information content (AvgIpc) is 2.49. The van der Waals surface area contributed by atoms with Gasteiger partial charge in [0, 0.05) is 16.6 Å². The smallest absolute Gasteiger partial charge is 0.196 e. The number of carbonyl (C=O) groups is 1. The molecule has 4 heteroatoms. The van der Waals surface area contributed by atoms with E-state index in [-0.39, 0.29) is 10.6 Å². The maximum Gasteiger partial charge on any atom is 0.196 e. The van der Waals surface area contributed by atoms with Crippen molar-refractivity contribution in [2.24, 2.45) is 0 Å². The Kier molecular flexibility index (Phi) is 3.43. The van der Waals surface area contributed by atoms with Crippen LogP contribution in [0.25, 0.3) is 10.9 Å². The van der Waals surface area contributed by atoms with E-state index < -0.39 is 11.6 Å². The van der Waals surface area contributed by atoms with Crippen molar-refractivity contribution in [3.8, 4) is 0 Å². The number of hydrogen-bond acceptors (Lipinski definition) is 2. The number of carbonyl (C=O) groups excluding carboxylic acids is 1. The Labute approximate surface area is 126 Å². The summed E-state index contributed by atoms with van der Waals surface area (Å²) in [5.74, 6) is -1.08. The second kappa shape index (κ2) is 5.26. The van der Waals surface area contributed by atoms with Gasteiger partial charge in [-0.05, 0) is 43.3 Å². The van der Waals surface area contributed by atoms with Crippen molar-refractivity contribution in [2.45, 2.75) is 6.92 Å². The van der Waals surface area contributed by atoms with E-state index in [2.05, 4.69) is 4.98 Å². The lowest BCUT2D eigenvalue weighted by Crippen LogP contribution is -2.04. The van der Waals surface area contributed by atoms with Crippen LogP contribution in [-0.4, -0.2) is 10.8 Å². The van der Waals surface area contributed by atoms with Crippen LogP contribution >= 0.6 is 11.6 Å². The first kappa shape index (κ1) is 13.7. The standard InChI is InChI=1S/C17H11ClFNO/c1-10-5-6-11-9-12(7-8-15(11)20-10)17(21)13-3-2-4-14(18)16(13)19/h2-9H,1H3. The number of rotatable bonds is 2. The summed E-state index contributed by atoms with van der Waals surface area (Å²) in [6.45, 7) is 1.90. The Morgan fingerprint density at radius 1 is 1.14 bits per heavy atom. The molecule has 0 fully saturated rings. The molecule has 0 radical (unpaired) electrons. The van der Waals surface area contributed by atoms with E-state index in [1.807, 2.05) is 19.1 Å². The zero-order valence-corrected chi connectivity index (χ0v) is 12.0. The molecule has 2 aromatic carbocycles. The summed E-state index contributed by atoms with van der Waals surface area (Å²) < 4.78 is 13.9. The fourth-order valence-corrected chi connectivity index (χ4v) is 2.38. The molecule has 2 nitrogen and oxygen atoms in total. The molecular weight excluding hydrogens is 289 g/mol. The van der Waals surface area contributed by atoms with E-state index in [1.54, 1.807) is 24.3 Å². The molecule has 21 heavy (non-hydrogen) atoms. The molecule has 1 heterocycles. The molecule has 0 aliphatic heterocycles. The average molecular weight is 300 g/mol. The lowest BCUT2D eigenvalue weighted by molar-refractivity contribution is 0.103. The fraction of sp³-hybridized carbons (Fsp3) is 0.0588. The summed E-state index contributed by atoms with van der Waals surface area (Å²) in [7, 11) is 0. The third-order valence-corrected chi connectivity index (χ3v) is 3.58. The zero-order valence-electron chi connectivity index (χ0n) is 11.2. The summed E-state index contributed by atoms with van der Waals surface area (Å²) in [6.07, 6.45) is 0. The van der Waals surface area contributed by atoms with Gasteiger partial charge in [0.1, 0.15) is 0 Å². The Hall–Kier alpha value is -2.26. The molecule has 0 atom stereocenters. The van der Waals surface area contributed by atoms with Crippen molar-refractivity contribution in [1.82, 2.24) is 4.98 Å². The zero-order chi connectivity index (χ0) is 15.0. The van der Waals surface area contributed by atoms with Crippen LogP contribution in [0.4, 0.5) is 4.39 Å². The Balaban J connectivity index is 2.09. The number of halogens is 2. The van der Waals surface area contributed by atoms with Crippen LogP contribution in [0.2, 0.25) is 5.02 Å². The van der Waals surface area contributed by atoms with Crippen LogP contribution in [-0.2, 0) is 0 Å². The largest absolute Gasteiger partial charge is 0.288 e. The molecule has 0 spiro atoms. The van der Waals surface area contributed by atoms with Crippen LogP contribution in [0.15, 0.2) is 48.5 Å². The fourth-order valence-electron chi connectivity index (χ4n) is 2.20. The molecule has 0 unspecified atom stereocenters. The van der Waals surface area contributed by atoms with Gasteiger partial charge in [0.2, 0.25) is 0 Å². The summed E-state index contributed by atoms with van der Waals surface area (Å²) in [5.41, 5.74) is 2.09. The quantitative estimate of drug-likeness (QED) is 0.649. The van der Waals surface area contributed by atoms with E-state index >= 15 is 0 Å². The Morgan fingerprint density at radius 3 is 2.76 bits per heavy atom. The summed E-state index contributed by atoms with van der Waals surface area (Å²) in [6, 6.07) is 13.3. The lowest BCUT2D eigenvalue weighted by Gasteiger charge is -2.05. The summed E-state index contributed by atoms with van der Waals surface area (Å²) in [4.78, 5) is 16.8. The highest BCUT2D eigenvalue weighted by Gasteiger charge is 2.16. The van der Waals surface area contributed by atoms with Crippen molar-refractivity contribution >= 4 is 28.3 Å². The first-order valence-corrected chi connectivity index (χ1v) is 6.80. The maximum absolute atomic E-state index is 13.9. The van der Waals surface area contributed by atoms with Crippen molar-refractivity contribution in [2.75, 3.05) is 0 Å². The third kappa shape index (κ3) is 2.52. The van der Waals surface area contributed by atoms with E-state index in [1.165, 1.54) is 12.1 Å². The van der Waals surface area contributed by atoms with E-state index in [0.29, 0.717) is 5.56 Å². The number of aromatic nitrogens is 1. The molecule has 3 rings (SSSR count). The number of aryl methyl sites for hydroxylation is 1. The highest BCUT2D eigenvalue weighted by atomic mass is 35.5. The number of ketones is 1. The number of nitrogens with zero attached hydrogens (tertiary/aromatic N) is 1. The molecule has 0 amide bonds. The number of hydrogen-bond donors (Lipinski definition) is 0. The molecule has 0 aliphatic rings. The van der Waals surface area contributed by atoms with Crippen LogP contribution in [0, 0.1) is 12.7 Å². The molecule has 1 aromatic heterocycles. The highest BCUT2D eigenvalue weighted by Crippen LogP contribution is 2.22. The highest BCUT2D eigenvalue weighted by molar-refractivity contribution is 6.31. The summed E-state index contributed by atoms with van der Waals surface area (Å²) in [5, 5.41) is 0.785. The second-order valence-corrected chi connectivity index (χ2v) is 5.20. The lowest BCUT2D eigenvalue weighted by atomic mass is 10.0. The van der Waals surface area contributed by atoms with Gasteiger partial charge < -0.3 is 0 Å². The SMILES string of the molecule is Cc1ccc2cc(C(=O)c3cccc(Cl)c3F)ccc2n1. The van der Waals surface area contributed by atoms with E-state index in [0.717, 1.165) is 16.6 Å². The molecular formula is C17H11ClFNO. The van der Waals surface area contributed by atoms with Crippen LogP contribution in [0.1, 0.15) is 21.6 Å². The minimum Gasteiger partial charge on any atom is -0.288 e. The summed E-state index contributed by atoms with van der Waals surface area (Å²) >= 11 is 5.72. The van der Waals surface area contributed by atoms with Gasteiger partial charge in [-0.25, -0.2) is 4.39 Å². The number of benzene rings is 2. The minimum atomic E-state index is -0.689.